The fraction of sp³-hybridized carbons (Fsp3) is 0.312. The minimum Gasteiger partial charge on any atom is -0.497 e. The van der Waals surface area contributed by atoms with E-state index in [1.165, 1.54) is 5.56 Å². The molecular formula is C32H34N4O4. The van der Waals surface area contributed by atoms with Crippen molar-refractivity contribution in [3.63, 3.8) is 0 Å². The predicted molar refractivity (Wildman–Crippen MR) is 154 cm³/mol. The van der Waals surface area contributed by atoms with E-state index in [0.717, 1.165) is 54.1 Å². The first-order valence-electron chi connectivity index (χ1n) is 13.8. The summed E-state index contributed by atoms with van der Waals surface area (Å²) < 4.78 is 17.7. The molecule has 1 fully saturated rings. The number of rotatable bonds is 9. The van der Waals surface area contributed by atoms with Crippen LogP contribution in [0, 0.1) is 5.92 Å². The highest BCUT2D eigenvalue weighted by atomic mass is 16.5. The van der Waals surface area contributed by atoms with E-state index in [1.54, 1.807) is 13.3 Å². The topological polar surface area (TPSA) is 88.7 Å². The molecule has 40 heavy (non-hydrogen) atoms. The summed E-state index contributed by atoms with van der Waals surface area (Å²) in [5, 5.41) is 10.1. The summed E-state index contributed by atoms with van der Waals surface area (Å²) >= 11 is 0. The van der Waals surface area contributed by atoms with Crippen LogP contribution >= 0.6 is 0 Å². The number of likely N-dealkylation sites (tertiary alicyclic amines) is 1. The van der Waals surface area contributed by atoms with Crippen molar-refractivity contribution in [2.45, 2.75) is 31.8 Å². The van der Waals surface area contributed by atoms with Gasteiger partial charge in [0.15, 0.2) is 0 Å². The fourth-order valence-electron chi connectivity index (χ4n) is 5.53. The third-order valence-electron chi connectivity index (χ3n) is 7.77. The first-order chi connectivity index (χ1) is 19.7. The van der Waals surface area contributed by atoms with Crippen molar-refractivity contribution in [2.24, 2.45) is 5.92 Å². The Morgan fingerprint density at radius 2 is 2.02 bits per heavy atom. The Labute approximate surface area is 234 Å². The Morgan fingerprint density at radius 3 is 2.85 bits per heavy atom. The van der Waals surface area contributed by atoms with Crippen LogP contribution in [0.25, 0.3) is 11.1 Å². The average Bonchev–Trinajstić information content (AvgIpc) is 3.69. The molecule has 1 unspecified atom stereocenters. The molecule has 2 aliphatic heterocycles. The lowest BCUT2D eigenvalue weighted by Gasteiger charge is -2.26. The van der Waals surface area contributed by atoms with E-state index in [9.17, 15) is 4.79 Å². The van der Waals surface area contributed by atoms with Crippen molar-refractivity contribution >= 4 is 11.6 Å². The molecule has 2 aliphatic rings. The average molecular weight is 539 g/mol. The van der Waals surface area contributed by atoms with Crippen molar-refractivity contribution in [3.05, 3.63) is 90.3 Å². The third-order valence-corrected chi connectivity index (χ3v) is 7.77. The van der Waals surface area contributed by atoms with Gasteiger partial charge in [0.2, 0.25) is 5.91 Å². The van der Waals surface area contributed by atoms with Crippen LogP contribution in [0.2, 0.25) is 0 Å². The number of anilines is 1. The van der Waals surface area contributed by atoms with Gasteiger partial charge in [-0.05, 0) is 72.8 Å². The summed E-state index contributed by atoms with van der Waals surface area (Å²) in [5.41, 5.74) is 4.86. The Balaban J connectivity index is 1.18. The molecule has 3 aromatic carbocycles. The molecule has 2 N–H and O–H groups in total. The number of ether oxygens (including phenoxy) is 3. The van der Waals surface area contributed by atoms with Gasteiger partial charge in [-0.2, -0.15) is 5.10 Å². The molecule has 3 heterocycles. The standard InChI is InChI=1S/C32H34N4O4/c1-38-28-10-12-30-24(15-28)14-25(20-39-30)32(37)35-29-11-9-23(26-17-33-34-18-26)16-31(29)40-21-27-8-5-13-36(27)19-22-6-3-2-4-7-22/h2-4,6-7,9-12,15-18,25,27H,5,8,13-14,19-21H2,1H3,(H,33,34)(H,35,37)/t25?,27-/m0/s1. The number of carbonyl (C=O) groups is 1. The number of hydrogen-bond donors (Lipinski definition) is 2. The van der Waals surface area contributed by atoms with E-state index >= 15 is 0 Å². The number of methoxy groups -OCH3 is 1. The molecule has 0 radical (unpaired) electrons. The van der Waals surface area contributed by atoms with E-state index in [0.29, 0.717) is 37.1 Å². The van der Waals surface area contributed by atoms with Gasteiger partial charge in [-0.1, -0.05) is 36.4 Å². The molecule has 1 aromatic heterocycles. The predicted octanol–water partition coefficient (Wildman–Crippen LogP) is 5.32. The number of aromatic nitrogens is 2. The van der Waals surface area contributed by atoms with Gasteiger partial charge < -0.3 is 19.5 Å². The van der Waals surface area contributed by atoms with Crippen LogP contribution in [0.4, 0.5) is 5.69 Å². The Kier molecular flexibility index (Phi) is 7.68. The van der Waals surface area contributed by atoms with Gasteiger partial charge in [0.05, 0.1) is 24.9 Å². The number of nitrogens with one attached hydrogen (secondary N) is 2. The van der Waals surface area contributed by atoms with E-state index < -0.39 is 0 Å². The summed E-state index contributed by atoms with van der Waals surface area (Å²) in [6.45, 7) is 2.83. The number of H-pyrrole nitrogens is 1. The maximum atomic E-state index is 13.4. The molecule has 2 atom stereocenters. The molecular weight excluding hydrogens is 504 g/mol. The van der Waals surface area contributed by atoms with Gasteiger partial charge in [-0.15, -0.1) is 0 Å². The number of nitrogens with zero attached hydrogens (tertiary/aromatic N) is 2. The van der Waals surface area contributed by atoms with E-state index in [1.807, 2.05) is 48.7 Å². The normalized spacial score (nSPS) is 18.5. The van der Waals surface area contributed by atoms with Gasteiger partial charge in [-0.3, -0.25) is 14.8 Å². The molecule has 6 rings (SSSR count). The number of amides is 1. The van der Waals surface area contributed by atoms with Crippen molar-refractivity contribution in [3.8, 4) is 28.4 Å². The number of carbonyl (C=O) groups excluding carboxylic acids is 1. The fourth-order valence-corrected chi connectivity index (χ4v) is 5.53. The van der Waals surface area contributed by atoms with Gasteiger partial charge in [0.1, 0.15) is 30.5 Å². The quantitative estimate of drug-likeness (QED) is 0.300. The molecule has 4 aromatic rings. The lowest BCUT2D eigenvalue weighted by atomic mass is 9.95. The van der Waals surface area contributed by atoms with Gasteiger partial charge in [-0.25, -0.2) is 0 Å². The summed E-state index contributed by atoms with van der Waals surface area (Å²) in [7, 11) is 1.64. The Bertz CT molecular complexity index is 1440. The zero-order valence-corrected chi connectivity index (χ0v) is 22.6. The zero-order chi connectivity index (χ0) is 27.3. The Morgan fingerprint density at radius 1 is 1.12 bits per heavy atom. The second-order valence-corrected chi connectivity index (χ2v) is 10.4. The van der Waals surface area contributed by atoms with E-state index in [4.69, 9.17) is 14.2 Å². The molecule has 8 nitrogen and oxygen atoms in total. The van der Waals surface area contributed by atoms with Gasteiger partial charge in [0.25, 0.3) is 0 Å². The maximum absolute atomic E-state index is 13.4. The molecule has 0 aliphatic carbocycles. The monoisotopic (exact) mass is 538 g/mol. The van der Waals surface area contributed by atoms with Crippen LogP contribution in [-0.4, -0.2) is 53.9 Å². The molecule has 0 spiro atoms. The smallest absolute Gasteiger partial charge is 0.231 e. The number of benzene rings is 3. The molecule has 1 saturated heterocycles. The molecule has 1 amide bonds. The van der Waals surface area contributed by atoms with Gasteiger partial charge in [0, 0.05) is 24.3 Å². The summed E-state index contributed by atoms with van der Waals surface area (Å²) in [6.07, 6.45) is 6.44. The maximum Gasteiger partial charge on any atom is 0.231 e. The minimum atomic E-state index is -0.322. The molecule has 0 saturated carbocycles. The summed E-state index contributed by atoms with van der Waals surface area (Å²) in [6, 6.07) is 22.4. The lowest BCUT2D eigenvalue weighted by molar-refractivity contribution is -0.121. The van der Waals surface area contributed by atoms with Crippen LogP contribution in [-0.2, 0) is 17.8 Å². The van der Waals surface area contributed by atoms with Crippen LogP contribution in [0.5, 0.6) is 17.2 Å². The SMILES string of the molecule is COc1ccc2c(c1)CC(C(=O)Nc1ccc(-c3cn[nH]c3)cc1OC[C@@H]1CCCN1Cc1ccccc1)CO2. The highest BCUT2D eigenvalue weighted by molar-refractivity contribution is 5.95. The van der Waals surface area contributed by atoms with Crippen LogP contribution in [0.1, 0.15) is 24.0 Å². The number of aromatic amines is 1. The van der Waals surface area contributed by atoms with Crippen molar-refractivity contribution in [1.29, 1.82) is 0 Å². The number of fused-ring (bicyclic) bond motifs is 1. The van der Waals surface area contributed by atoms with Gasteiger partial charge >= 0.3 is 0 Å². The molecule has 0 bridgehead atoms. The highest BCUT2D eigenvalue weighted by Gasteiger charge is 2.28. The summed E-state index contributed by atoms with van der Waals surface area (Å²) in [5.74, 6) is 1.78. The Hall–Kier alpha value is -4.30. The largest absolute Gasteiger partial charge is 0.497 e. The van der Waals surface area contributed by atoms with Crippen LogP contribution in [0.15, 0.2) is 79.1 Å². The van der Waals surface area contributed by atoms with Crippen molar-refractivity contribution in [2.75, 3.05) is 32.2 Å². The molecule has 206 valence electrons. The molecule has 8 heteroatoms. The van der Waals surface area contributed by atoms with Crippen molar-refractivity contribution < 1.29 is 19.0 Å². The first kappa shape index (κ1) is 26.0. The highest BCUT2D eigenvalue weighted by Crippen LogP contribution is 2.34. The number of hydrogen-bond acceptors (Lipinski definition) is 6. The second-order valence-electron chi connectivity index (χ2n) is 10.4. The first-order valence-corrected chi connectivity index (χ1v) is 13.8. The van der Waals surface area contributed by atoms with Crippen LogP contribution in [0.3, 0.4) is 0 Å². The zero-order valence-electron chi connectivity index (χ0n) is 22.6. The minimum absolute atomic E-state index is 0.0963. The van der Waals surface area contributed by atoms with Crippen LogP contribution < -0.4 is 19.5 Å². The van der Waals surface area contributed by atoms with E-state index in [2.05, 4.69) is 44.7 Å². The van der Waals surface area contributed by atoms with E-state index in [-0.39, 0.29) is 11.8 Å². The third kappa shape index (κ3) is 5.82. The lowest BCUT2D eigenvalue weighted by Crippen LogP contribution is -2.34. The summed E-state index contributed by atoms with van der Waals surface area (Å²) in [4.78, 5) is 15.9. The second kappa shape index (κ2) is 11.8. The van der Waals surface area contributed by atoms with Crippen molar-refractivity contribution in [1.82, 2.24) is 15.1 Å².